The Morgan fingerprint density at radius 1 is 1.33 bits per heavy atom. The van der Waals surface area contributed by atoms with Crippen LogP contribution in [-0.4, -0.2) is 51.0 Å². The Morgan fingerprint density at radius 2 is 2.25 bits per heavy atom. The first kappa shape index (κ1) is 16.3. The number of nitrogens with one attached hydrogen (secondary N) is 1. The lowest BCUT2D eigenvalue weighted by Gasteiger charge is -2.35. The van der Waals surface area contributed by atoms with Crippen LogP contribution in [0.5, 0.6) is 0 Å². The molecule has 0 aliphatic carbocycles. The van der Waals surface area contributed by atoms with Crippen molar-refractivity contribution >= 4 is 17.7 Å². The van der Waals surface area contributed by atoms with E-state index in [0.29, 0.717) is 11.8 Å². The number of ether oxygens (including phenoxy) is 1. The Balaban J connectivity index is 1.79. The molecular formula is C16H20N6O2. The number of hydrogen-bond donors (Lipinski definition) is 1. The lowest BCUT2D eigenvalue weighted by Crippen LogP contribution is -2.40. The summed E-state index contributed by atoms with van der Waals surface area (Å²) < 4.78 is 4.99. The molecule has 0 spiro atoms. The maximum atomic E-state index is 12.3. The normalized spacial score (nSPS) is 17.5. The molecule has 1 aliphatic heterocycles. The van der Waals surface area contributed by atoms with E-state index in [9.17, 15) is 4.79 Å². The van der Waals surface area contributed by atoms with E-state index in [4.69, 9.17) is 4.74 Å². The second-order valence-corrected chi connectivity index (χ2v) is 5.55. The van der Waals surface area contributed by atoms with Crippen LogP contribution in [0.4, 0.5) is 11.8 Å². The molecule has 0 bridgehead atoms. The van der Waals surface area contributed by atoms with Gasteiger partial charge in [-0.3, -0.25) is 9.78 Å². The van der Waals surface area contributed by atoms with Crippen LogP contribution in [0.25, 0.3) is 0 Å². The molecule has 1 saturated heterocycles. The van der Waals surface area contributed by atoms with Crippen molar-refractivity contribution in [3.63, 3.8) is 0 Å². The Labute approximate surface area is 140 Å². The quantitative estimate of drug-likeness (QED) is 0.893. The van der Waals surface area contributed by atoms with Gasteiger partial charge in [-0.15, -0.1) is 0 Å². The highest BCUT2D eigenvalue weighted by atomic mass is 16.5. The summed E-state index contributed by atoms with van der Waals surface area (Å²) in [6, 6.07) is 1.80. The topological polar surface area (TPSA) is 93.1 Å². The summed E-state index contributed by atoms with van der Waals surface area (Å²) >= 11 is 0. The Bertz CT molecular complexity index is 681. The third-order valence-corrected chi connectivity index (χ3v) is 3.91. The van der Waals surface area contributed by atoms with Crippen molar-refractivity contribution in [2.45, 2.75) is 25.3 Å². The number of anilines is 2. The molecule has 24 heavy (non-hydrogen) atoms. The molecule has 3 rings (SSSR count). The molecule has 1 aliphatic rings. The minimum absolute atomic E-state index is 0.00996. The summed E-state index contributed by atoms with van der Waals surface area (Å²) in [6.07, 6.45) is 9.44. The molecule has 2 aromatic rings. The molecule has 0 radical (unpaired) electrons. The van der Waals surface area contributed by atoms with E-state index in [1.807, 2.05) is 11.0 Å². The van der Waals surface area contributed by atoms with Crippen molar-refractivity contribution < 1.29 is 9.53 Å². The number of nitrogens with zero attached hydrogens (tertiary/aromatic N) is 5. The first-order chi connectivity index (χ1) is 11.8. The summed E-state index contributed by atoms with van der Waals surface area (Å²) in [4.78, 5) is 31.1. The van der Waals surface area contributed by atoms with Crippen LogP contribution in [-0.2, 0) is 9.53 Å². The van der Waals surface area contributed by atoms with Gasteiger partial charge in [-0.25, -0.2) is 15.0 Å². The second kappa shape index (κ2) is 7.78. The van der Waals surface area contributed by atoms with Gasteiger partial charge in [0, 0.05) is 32.2 Å². The number of aromatic nitrogens is 4. The van der Waals surface area contributed by atoms with Gasteiger partial charge in [-0.05, 0) is 25.3 Å². The van der Waals surface area contributed by atoms with Crippen molar-refractivity contribution in [2.75, 3.05) is 25.6 Å². The third-order valence-electron chi connectivity index (χ3n) is 3.91. The van der Waals surface area contributed by atoms with Gasteiger partial charge in [-0.1, -0.05) is 0 Å². The van der Waals surface area contributed by atoms with Gasteiger partial charge in [0.2, 0.25) is 11.9 Å². The van der Waals surface area contributed by atoms with E-state index >= 15 is 0 Å². The molecule has 126 valence electrons. The van der Waals surface area contributed by atoms with E-state index in [2.05, 4.69) is 25.3 Å². The molecule has 0 unspecified atom stereocenters. The first-order valence-electron chi connectivity index (χ1n) is 7.92. The average molecular weight is 328 g/mol. The zero-order valence-electron chi connectivity index (χ0n) is 13.6. The third kappa shape index (κ3) is 3.83. The highest BCUT2D eigenvalue weighted by Gasteiger charge is 2.29. The maximum absolute atomic E-state index is 12.3. The molecule has 1 atom stereocenters. The highest BCUT2D eigenvalue weighted by Crippen LogP contribution is 2.30. The first-order valence-corrected chi connectivity index (χ1v) is 7.92. The Hall–Kier alpha value is -2.61. The van der Waals surface area contributed by atoms with Crippen molar-refractivity contribution in [3.05, 3.63) is 36.5 Å². The Kier molecular flexibility index (Phi) is 5.27. The molecule has 0 aromatic carbocycles. The fourth-order valence-corrected chi connectivity index (χ4v) is 2.84. The van der Waals surface area contributed by atoms with Crippen molar-refractivity contribution in [1.82, 2.24) is 24.8 Å². The highest BCUT2D eigenvalue weighted by molar-refractivity contribution is 5.78. The summed E-state index contributed by atoms with van der Waals surface area (Å²) in [6.45, 7) is 0.816. The predicted octanol–water partition coefficient (Wildman–Crippen LogP) is 1.71. The van der Waals surface area contributed by atoms with E-state index in [-0.39, 0.29) is 18.6 Å². The molecule has 1 N–H and O–H groups in total. The fraction of sp³-hybridized carbons (Fsp3) is 0.438. The lowest BCUT2D eigenvalue weighted by atomic mass is 9.99. The molecular weight excluding hydrogens is 308 g/mol. The van der Waals surface area contributed by atoms with E-state index in [0.717, 1.165) is 31.5 Å². The van der Waals surface area contributed by atoms with Crippen LogP contribution in [0.15, 0.2) is 30.9 Å². The zero-order valence-corrected chi connectivity index (χ0v) is 13.6. The van der Waals surface area contributed by atoms with Crippen LogP contribution in [0.1, 0.15) is 31.0 Å². The average Bonchev–Trinajstić information content (AvgIpc) is 2.63. The summed E-state index contributed by atoms with van der Waals surface area (Å²) in [7, 11) is 1.53. The standard InChI is InChI=1S/C16H20N6O2/c1-24-11-15(23)22-9-3-2-4-13(22)12-5-6-19-16(20-12)21-14-10-17-7-8-18-14/h5-8,10,13H,2-4,9,11H2,1H3,(H,18,19,20,21)/t13-/m0/s1. The fourth-order valence-electron chi connectivity index (χ4n) is 2.84. The smallest absolute Gasteiger partial charge is 0.249 e. The number of likely N-dealkylation sites (tertiary alicyclic amines) is 1. The van der Waals surface area contributed by atoms with E-state index in [1.54, 1.807) is 24.8 Å². The van der Waals surface area contributed by atoms with Gasteiger partial charge < -0.3 is 15.0 Å². The number of rotatable bonds is 5. The molecule has 1 fully saturated rings. The Morgan fingerprint density at radius 3 is 3.04 bits per heavy atom. The lowest BCUT2D eigenvalue weighted by molar-refractivity contribution is -0.139. The summed E-state index contributed by atoms with van der Waals surface area (Å²) in [5.74, 6) is 1.01. The second-order valence-electron chi connectivity index (χ2n) is 5.55. The predicted molar refractivity (Wildman–Crippen MR) is 87.5 cm³/mol. The maximum Gasteiger partial charge on any atom is 0.249 e. The summed E-state index contributed by atoms with van der Waals surface area (Å²) in [5, 5.41) is 3.03. The number of piperidine rings is 1. The van der Waals surface area contributed by atoms with Gasteiger partial charge in [-0.2, -0.15) is 0 Å². The number of methoxy groups -OCH3 is 1. The monoisotopic (exact) mass is 328 g/mol. The summed E-state index contributed by atoms with van der Waals surface area (Å²) in [5.41, 5.74) is 0.820. The van der Waals surface area contributed by atoms with Crippen molar-refractivity contribution in [3.8, 4) is 0 Å². The minimum atomic E-state index is -0.0493. The van der Waals surface area contributed by atoms with Crippen LogP contribution in [0.3, 0.4) is 0 Å². The number of amides is 1. The molecule has 1 amide bonds. The van der Waals surface area contributed by atoms with E-state index < -0.39 is 0 Å². The van der Waals surface area contributed by atoms with Crippen molar-refractivity contribution in [2.24, 2.45) is 0 Å². The number of hydrogen-bond acceptors (Lipinski definition) is 7. The van der Waals surface area contributed by atoms with Gasteiger partial charge in [0.25, 0.3) is 0 Å². The molecule has 8 nitrogen and oxygen atoms in total. The number of carbonyl (C=O) groups excluding carboxylic acids is 1. The van der Waals surface area contributed by atoms with Crippen LogP contribution in [0, 0.1) is 0 Å². The van der Waals surface area contributed by atoms with Crippen LogP contribution in [0.2, 0.25) is 0 Å². The van der Waals surface area contributed by atoms with Gasteiger partial charge in [0.1, 0.15) is 6.61 Å². The molecule has 3 heterocycles. The zero-order chi connectivity index (χ0) is 16.8. The van der Waals surface area contributed by atoms with Crippen LogP contribution < -0.4 is 5.32 Å². The molecule has 8 heteroatoms. The van der Waals surface area contributed by atoms with Crippen molar-refractivity contribution in [1.29, 1.82) is 0 Å². The van der Waals surface area contributed by atoms with E-state index in [1.165, 1.54) is 7.11 Å². The van der Waals surface area contributed by atoms with Crippen LogP contribution >= 0.6 is 0 Å². The minimum Gasteiger partial charge on any atom is -0.375 e. The largest absolute Gasteiger partial charge is 0.375 e. The molecule has 2 aromatic heterocycles. The number of carbonyl (C=O) groups is 1. The van der Waals surface area contributed by atoms with Gasteiger partial charge in [0.15, 0.2) is 5.82 Å². The molecule has 0 saturated carbocycles. The van der Waals surface area contributed by atoms with Gasteiger partial charge in [0.05, 0.1) is 17.9 Å². The van der Waals surface area contributed by atoms with Gasteiger partial charge >= 0.3 is 0 Å². The SMILES string of the molecule is COCC(=O)N1CCCC[C@H]1c1ccnc(Nc2cnccn2)n1.